The molecule has 166 valence electrons. The van der Waals surface area contributed by atoms with Gasteiger partial charge in [0.2, 0.25) is 0 Å². The van der Waals surface area contributed by atoms with Crippen LogP contribution >= 0.6 is 11.6 Å². The van der Waals surface area contributed by atoms with Gasteiger partial charge in [-0.25, -0.2) is 0 Å². The van der Waals surface area contributed by atoms with Crippen LogP contribution in [-0.2, 0) is 12.7 Å². The van der Waals surface area contributed by atoms with Gasteiger partial charge in [0.05, 0.1) is 16.8 Å². The molecule has 0 saturated heterocycles. The summed E-state index contributed by atoms with van der Waals surface area (Å²) in [6, 6.07) is 17.1. The topological polar surface area (TPSA) is 54.9 Å². The van der Waals surface area contributed by atoms with Crippen molar-refractivity contribution < 1.29 is 18.0 Å². The summed E-state index contributed by atoms with van der Waals surface area (Å²) >= 11 is 5.88. The fourth-order valence-electron chi connectivity index (χ4n) is 3.30. The summed E-state index contributed by atoms with van der Waals surface area (Å²) in [5.74, 6) is -0.358. The maximum atomic E-state index is 13.2. The lowest BCUT2D eigenvalue weighted by Crippen LogP contribution is -2.23. The van der Waals surface area contributed by atoms with E-state index in [9.17, 15) is 18.0 Å². The van der Waals surface area contributed by atoms with E-state index in [1.165, 1.54) is 12.3 Å². The maximum absolute atomic E-state index is 13.2. The first-order chi connectivity index (χ1) is 15.8. The highest BCUT2D eigenvalue weighted by Gasteiger charge is 2.30. The van der Waals surface area contributed by atoms with Crippen molar-refractivity contribution in [3.63, 3.8) is 0 Å². The van der Waals surface area contributed by atoms with Gasteiger partial charge in [0.25, 0.3) is 5.91 Å². The molecule has 33 heavy (non-hydrogen) atoms. The van der Waals surface area contributed by atoms with E-state index in [2.05, 4.69) is 15.3 Å². The van der Waals surface area contributed by atoms with Crippen molar-refractivity contribution in [2.45, 2.75) is 12.7 Å². The first-order valence-corrected chi connectivity index (χ1v) is 10.3. The number of hydrogen-bond donors (Lipinski definition) is 1. The Hall–Kier alpha value is -3.71. The van der Waals surface area contributed by atoms with Crippen molar-refractivity contribution in [1.29, 1.82) is 0 Å². The van der Waals surface area contributed by atoms with Crippen LogP contribution in [-0.4, -0.2) is 15.9 Å². The van der Waals surface area contributed by atoms with Gasteiger partial charge in [-0.2, -0.15) is 13.2 Å². The number of carbonyl (C=O) groups excluding carboxylic acids is 1. The Morgan fingerprint density at radius 2 is 1.67 bits per heavy atom. The summed E-state index contributed by atoms with van der Waals surface area (Å²) < 4.78 is 39.7. The average molecular weight is 468 g/mol. The Labute approximate surface area is 193 Å². The first kappa shape index (κ1) is 22.5. The van der Waals surface area contributed by atoms with Crippen LogP contribution in [0, 0.1) is 0 Å². The summed E-state index contributed by atoms with van der Waals surface area (Å²) in [7, 11) is 0. The highest BCUT2D eigenvalue weighted by molar-refractivity contribution is 6.30. The number of halogens is 4. The number of hydrogen-bond acceptors (Lipinski definition) is 3. The second-order valence-corrected chi connectivity index (χ2v) is 7.68. The zero-order valence-electron chi connectivity index (χ0n) is 17.1. The fourth-order valence-corrected chi connectivity index (χ4v) is 3.43. The lowest BCUT2D eigenvalue weighted by atomic mass is 9.97. The van der Waals surface area contributed by atoms with Crippen molar-refractivity contribution >= 4 is 17.5 Å². The monoisotopic (exact) mass is 467 g/mol. The molecule has 0 unspecified atom stereocenters. The van der Waals surface area contributed by atoms with E-state index >= 15 is 0 Å². The van der Waals surface area contributed by atoms with E-state index in [0.717, 1.165) is 17.7 Å². The minimum Gasteiger partial charge on any atom is -0.348 e. The Balaban J connectivity index is 1.69. The Kier molecular flexibility index (Phi) is 6.42. The molecular formula is C25H17ClF3N3O. The van der Waals surface area contributed by atoms with E-state index in [1.807, 2.05) is 0 Å². The number of nitrogens with one attached hydrogen (secondary N) is 1. The molecule has 2 heterocycles. The lowest BCUT2D eigenvalue weighted by Gasteiger charge is -2.14. The van der Waals surface area contributed by atoms with E-state index in [0.29, 0.717) is 27.4 Å². The molecule has 2 aromatic carbocycles. The van der Waals surface area contributed by atoms with Crippen LogP contribution in [0.1, 0.15) is 21.5 Å². The minimum atomic E-state index is -4.48. The normalized spacial score (nSPS) is 11.3. The third-order valence-electron chi connectivity index (χ3n) is 4.97. The summed E-state index contributed by atoms with van der Waals surface area (Å²) in [5.41, 5.74) is 2.22. The Morgan fingerprint density at radius 3 is 2.36 bits per heavy atom. The van der Waals surface area contributed by atoms with Gasteiger partial charge in [-0.1, -0.05) is 35.9 Å². The number of benzene rings is 2. The Morgan fingerprint density at radius 1 is 0.939 bits per heavy atom. The third kappa shape index (κ3) is 5.38. The van der Waals surface area contributed by atoms with Crippen LogP contribution in [0.4, 0.5) is 13.2 Å². The molecule has 0 spiro atoms. The first-order valence-electron chi connectivity index (χ1n) is 9.92. The second kappa shape index (κ2) is 9.42. The quantitative estimate of drug-likeness (QED) is 0.369. The average Bonchev–Trinajstić information content (AvgIpc) is 2.83. The number of rotatable bonds is 5. The van der Waals surface area contributed by atoms with Crippen molar-refractivity contribution in [2.75, 3.05) is 0 Å². The largest absolute Gasteiger partial charge is 0.416 e. The van der Waals surface area contributed by atoms with E-state index in [1.54, 1.807) is 60.9 Å². The molecule has 0 aliphatic carbocycles. The van der Waals surface area contributed by atoms with Gasteiger partial charge in [-0.05, 0) is 53.6 Å². The fraction of sp³-hybridized carbons (Fsp3) is 0.0800. The molecule has 2 aromatic heterocycles. The summed E-state index contributed by atoms with van der Waals surface area (Å²) in [4.78, 5) is 21.1. The van der Waals surface area contributed by atoms with E-state index in [-0.39, 0.29) is 18.0 Å². The summed E-state index contributed by atoms with van der Waals surface area (Å²) in [6.07, 6.45) is 0.0167. The van der Waals surface area contributed by atoms with Gasteiger partial charge in [-0.15, -0.1) is 0 Å². The number of carbonyl (C=O) groups is 1. The van der Waals surface area contributed by atoms with E-state index in [4.69, 9.17) is 11.6 Å². The molecule has 0 aliphatic rings. The third-order valence-corrected chi connectivity index (χ3v) is 5.22. The van der Waals surface area contributed by atoms with Gasteiger partial charge >= 0.3 is 6.18 Å². The molecule has 4 aromatic rings. The van der Waals surface area contributed by atoms with E-state index < -0.39 is 11.7 Å². The molecule has 0 fully saturated rings. The van der Waals surface area contributed by atoms with Crippen LogP contribution < -0.4 is 5.32 Å². The molecule has 4 nitrogen and oxygen atoms in total. The summed E-state index contributed by atoms with van der Waals surface area (Å²) in [6.45, 7) is 0.288. The molecule has 0 atom stereocenters. The minimum absolute atomic E-state index is 0.284. The van der Waals surface area contributed by atoms with Gasteiger partial charge < -0.3 is 5.32 Å². The zero-order valence-corrected chi connectivity index (χ0v) is 17.9. The number of alkyl halides is 3. The molecule has 0 aliphatic heterocycles. The maximum Gasteiger partial charge on any atom is 0.416 e. The second-order valence-electron chi connectivity index (χ2n) is 7.24. The van der Waals surface area contributed by atoms with Crippen LogP contribution in [0.3, 0.4) is 0 Å². The van der Waals surface area contributed by atoms with Gasteiger partial charge in [0, 0.05) is 41.3 Å². The number of amides is 1. The standard InChI is InChI=1S/C25H17ClF3N3O/c26-21-6-4-16(5-7-21)14-32-24(33)19-13-22(17-8-10-30-11-9-17)23(31-15-19)18-2-1-3-20(12-18)25(27,28)29/h1-13,15H,14H2,(H,32,33). The zero-order chi connectivity index (χ0) is 23.4. The molecule has 4 rings (SSSR count). The summed E-state index contributed by atoms with van der Waals surface area (Å²) in [5, 5.41) is 3.42. The van der Waals surface area contributed by atoms with Crippen molar-refractivity contribution in [3.05, 3.63) is 107 Å². The molecule has 1 N–H and O–H groups in total. The van der Waals surface area contributed by atoms with Gasteiger partial charge in [-0.3, -0.25) is 14.8 Å². The van der Waals surface area contributed by atoms with Gasteiger partial charge in [0.15, 0.2) is 0 Å². The Bertz CT molecular complexity index is 1280. The highest BCUT2D eigenvalue weighted by atomic mass is 35.5. The number of aromatic nitrogens is 2. The number of nitrogens with zero attached hydrogens (tertiary/aromatic N) is 2. The lowest BCUT2D eigenvalue weighted by molar-refractivity contribution is -0.137. The highest BCUT2D eigenvalue weighted by Crippen LogP contribution is 2.35. The SMILES string of the molecule is O=C(NCc1ccc(Cl)cc1)c1cnc(-c2cccc(C(F)(F)F)c2)c(-c2ccncc2)c1. The van der Waals surface area contributed by atoms with Crippen LogP contribution in [0.2, 0.25) is 5.02 Å². The van der Waals surface area contributed by atoms with Crippen molar-refractivity contribution in [2.24, 2.45) is 0 Å². The molecule has 0 radical (unpaired) electrons. The smallest absolute Gasteiger partial charge is 0.348 e. The number of pyridine rings is 2. The molecule has 8 heteroatoms. The van der Waals surface area contributed by atoms with Crippen molar-refractivity contribution in [3.8, 4) is 22.4 Å². The van der Waals surface area contributed by atoms with Crippen LogP contribution in [0.5, 0.6) is 0 Å². The van der Waals surface area contributed by atoms with Gasteiger partial charge in [0.1, 0.15) is 0 Å². The predicted molar refractivity (Wildman–Crippen MR) is 121 cm³/mol. The molecule has 0 saturated carbocycles. The van der Waals surface area contributed by atoms with Crippen molar-refractivity contribution in [1.82, 2.24) is 15.3 Å². The van der Waals surface area contributed by atoms with Crippen LogP contribution in [0.25, 0.3) is 22.4 Å². The molecule has 1 amide bonds. The molecular weight excluding hydrogens is 451 g/mol. The molecule has 0 bridgehead atoms. The predicted octanol–water partition coefficient (Wildman–Crippen LogP) is 6.41. The van der Waals surface area contributed by atoms with Crippen LogP contribution in [0.15, 0.2) is 85.3 Å².